The van der Waals surface area contributed by atoms with Crippen LogP contribution in [0.15, 0.2) is 12.3 Å². The lowest BCUT2D eigenvalue weighted by Crippen LogP contribution is -2.38. The first-order chi connectivity index (χ1) is 9.68. The summed E-state index contributed by atoms with van der Waals surface area (Å²) in [6.45, 7) is 1.76. The lowest BCUT2D eigenvalue weighted by atomic mass is 10.3. The average molecular weight is 288 g/mol. The van der Waals surface area contributed by atoms with E-state index in [1.54, 1.807) is 0 Å². The first kappa shape index (κ1) is 14.9. The predicted molar refractivity (Wildman–Crippen MR) is 67.7 cm³/mol. The van der Waals surface area contributed by atoms with Gasteiger partial charge in [-0.15, -0.1) is 0 Å². The van der Waals surface area contributed by atoms with Gasteiger partial charge in [0.1, 0.15) is 5.69 Å². The fourth-order valence-electron chi connectivity index (χ4n) is 2.07. The third kappa shape index (κ3) is 3.97. The van der Waals surface area contributed by atoms with E-state index in [1.165, 1.54) is 12.3 Å². The van der Waals surface area contributed by atoms with Gasteiger partial charge in [0.05, 0.1) is 13.2 Å². The number of alkyl halides is 2. The number of carbonyl (C=O) groups is 1. The molecule has 1 aliphatic rings. The van der Waals surface area contributed by atoms with E-state index in [-0.39, 0.29) is 5.69 Å². The summed E-state index contributed by atoms with van der Waals surface area (Å²) in [5, 5.41) is 6.05. The van der Waals surface area contributed by atoms with Crippen molar-refractivity contribution in [3.05, 3.63) is 18.0 Å². The van der Waals surface area contributed by atoms with Gasteiger partial charge in [-0.3, -0.25) is 9.69 Å². The van der Waals surface area contributed by atoms with Crippen LogP contribution in [0.1, 0.15) is 23.5 Å². The lowest BCUT2D eigenvalue weighted by molar-refractivity contribution is 0.0373. The molecular formula is C12H18F2N4O2. The summed E-state index contributed by atoms with van der Waals surface area (Å²) in [4.78, 5) is 14.0. The Hall–Kier alpha value is -1.54. The molecule has 8 heteroatoms. The summed E-state index contributed by atoms with van der Waals surface area (Å²) in [6.07, 6.45) is 1.96. The Bertz CT molecular complexity index is 433. The van der Waals surface area contributed by atoms with Gasteiger partial charge in [0, 0.05) is 25.8 Å². The molecule has 1 fully saturated rings. The van der Waals surface area contributed by atoms with Crippen LogP contribution in [0.3, 0.4) is 0 Å². The Morgan fingerprint density at radius 2 is 2.20 bits per heavy atom. The molecule has 1 saturated heterocycles. The van der Waals surface area contributed by atoms with Gasteiger partial charge in [0.15, 0.2) is 0 Å². The molecule has 0 bridgehead atoms. The normalized spacial score (nSPS) is 16.6. The average Bonchev–Trinajstić information content (AvgIpc) is 2.94. The summed E-state index contributed by atoms with van der Waals surface area (Å²) < 4.78 is 30.8. The Morgan fingerprint density at radius 3 is 2.90 bits per heavy atom. The van der Waals surface area contributed by atoms with Crippen LogP contribution < -0.4 is 5.32 Å². The second-order valence-electron chi connectivity index (χ2n) is 4.50. The minimum absolute atomic E-state index is 0.119. The van der Waals surface area contributed by atoms with E-state index >= 15 is 0 Å². The van der Waals surface area contributed by atoms with Crippen molar-refractivity contribution in [1.29, 1.82) is 0 Å². The summed E-state index contributed by atoms with van der Waals surface area (Å²) in [7, 11) is 0. The molecule has 2 rings (SSSR count). The van der Waals surface area contributed by atoms with Crippen molar-refractivity contribution in [2.75, 3.05) is 39.4 Å². The summed E-state index contributed by atoms with van der Waals surface area (Å²) in [5.41, 5.74) is -0.119. The quantitative estimate of drug-likeness (QED) is 0.784. The highest BCUT2D eigenvalue weighted by Crippen LogP contribution is 2.11. The van der Waals surface area contributed by atoms with Crippen LogP contribution in [-0.2, 0) is 4.74 Å². The largest absolute Gasteiger partial charge is 0.379 e. The standard InChI is InChI=1S/C12H18F2N4O2/c13-12(14)18-10(2-4-16-18)11(19)15-3-1-5-17-6-8-20-9-7-17/h2,4,12H,1,3,5-9H2,(H,15,19). The number of hydrogen-bond donors (Lipinski definition) is 1. The van der Waals surface area contributed by atoms with E-state index in [4.69, 9.17) is 4.74 Å². The number of carbonyl (C=O) groups excluding carboxylic acids is 1. The zero-order valence-electron chi connectivity index (χ0n) is 11.1. The maximum Gasteiger partial charge on any atom is 0.333 e. The molecule has 0 aliphatic carbocycles. The molecular weight excluding hydrogens is 270 g/mol. The number of rotatable bonds is 6. The predicted octanol–water partition coefficient (Wildman–Crippen LogP) is 0.730. The molecule has 1 aromatic heterocycles. The van der Waals surface area contributed by atoms with Gasteiger partial charge in [-0.05, 0) is 19.0 Å². The second kappa shape index (κ2) is 7.30. The molecule has 112 valence electrons. The molecule has 2 heterocycles. The Kier molecular flexibility index (Phi) is 5.42. The van der Waals surface area contributed by atoms with Crippen LogP contribution in [0.2, 0.25) is 0 Å². The fraction of sp³-hybridized carbons (Fsp3) is 0.667. The number of nitrogens with zero attached hydrogens (tertiary/aromatic N) is 3. The Labute approximate surface area is 115 Å². The number of halogens is 2. The van der Waals surface area contributed by atoms with Crippen molar-refractivity contribution in [2.24, 2.45) is 0 Å². The van der Waals surface area contributed by atoms with E-state index in [9.17, 15) is 13.6 Å². The van der Waals surface area contributed by atoms with E-state index in [0.29, 0.717) is 11.2 Å². The van der Waals surface area contributed by atoms with Gasteiger partial charge in [0.25, 0.3) is 5.91 Å². The fourth-order valence-corrected chi connectivity index (χ4v) is 2.07. The molecule has 0 atom stereocenters. The van der Waals surface area contributed by atoms with E-state index in [1.807, 2.05) is 0 Å². The molecule has 1 aliphatic heterocycles. The molecule has 0 spiro atoms. The smallest absolute Gasteiger partial charge is 0.333 e. The van der Waals surface area contributed by atoms with Crippen LogP contribution in [0, 0.1) is 0 Å². The summed E-state index contributed by atoms with van der Waals surface area (Å²) >= 11 is 0. The van der Waals surface area contributed by atoms with Gasteiger partial charge in [0.2, 0.25) is 0 Å². The third-order valence-electron chi connectivity index (χ3n) is 3.13. The lowest BCUT2D eigenvalue weighted by Gasteiger charge is -2.26. The number of nitrogens with one attached hydrogen (secondary N) is 1. The SMILES string of the molecule is O=C(NCCCN1CCOCC1)c1ccnn1C(F)F. The minimum Gasteiger partial charge on any atom is -0.379 e. The van der Waals surface area contributed by atoms with Crippen molar-refractivity contribution < 1.29 is 18.3 Å². The molecule has 0 saturated carbocycles. The maximum absolute atomic E-state index is 12.6. The third-order valence-corrected chi connectivity index (χ3v) is 3.13. The Morgan fingerprint density at radius 1 is 1.45 bits per heavy atom. The van der Waals surface area contributed by atoms with Gasteiger partial charge < -0.3 is 10.1 Å². The molecule has 6 nitrogen and oxygen atoms in total. The highest BCUT2D eigenvalue weighted by atomic mass is 19.3. The summed E-state index contributed by atoms with van der Waals surface area (Å²) in [6, 6.07) is 1.28. The highest BCUT2D eigenvalue weighted by Gasteiger charge is 2.17. The van der Waals surface area contributed by atoms with Crippen LogP contribution in [0.5, 0.6) is 0 Å². The molecule has 1 aromatic rings. The first-order valence-electron chi connectivity index (χ1n) is 6.58. The van der Waals surface area contributed by atoms with Crippen molar-refractivity contribution in [2.45, 2.75) is 13.0 Å². The molecule has 1 amide bonds. The zero-order valence-corrected chi connectivity index (χ0v) is 11.1. The molecule has 20 heavy (non-hydrogen) atoms. The number of ether oxygens (including phenoxy) is 1. The van der Waals surface area contributed by atoms with Crippen molar-refractivity contribution in [1.82, 2.24) is 20.0 Å². The first-order valence-corrected chi connectivity index (χ1v) is 6.58. The highest BCUT2D eigenvalue weighted by molar-refractivity contribution is 5.92. The van der Waals surface area contributed by atoms with Gasteiger partial charge >= 0.3 is 6.55 Å². The minimum atomic E-state index is -2.81. The van der Waals surface area contributed by atoms with Crippen molar-refractivity contribution in [3.63, 3.8) is 0 Å². The number of morpholine rings is 1. The Balaban J connectivity index is 1.70. The summed E-state index contributed by atoms with van der Waals surface area (Å²) in [5.74, 6) is -0.523. The number of amides is 1. The topological polar surface area (TPSA) is 59.4 Å². The molecule has 1 N–H and O–H groups in total. The molecule has 0 radical (unpaired) electrons. The van der Waals surface area contributed by atoms with Gasteiger partial charge in [-0.25, -0.2) is 0 Å². The van der Waals surface area contributed by atoms with Crippen molar-refractivity contribution in [3.8, 4) is 0 Å². The molecule has 0 unspecified atom stereocenters. The van der Waals surface area contributed by atoms with Gasteiger partial charge in [-0.1, -0.05) is 0 Å². The molecule has 0 aromatic carbocycles. The van der Waals surface area contributed by atoms with E-state index < -0.39 is 12.5 Å². The number of aromatic nitrogens is 2. The maximum atomic E-state index is 12.6. The van der Waals surface area contributed by atoms with Crippen LogP contribution in [-0.4, -0.2) is 60.0 Å². The number of hydrogen-bond acceptors (Lipinski definition) is 4. The van der Waals surface area contributed by atoms with Crippen LogP contribution >= 0.6 is 0 Å². The van der Waals surface area contributed by atoms with Crippen molar-refractivity contribution >= 4 is 5.91 Å². The van der Waals surface area contributed by atoms with Crippen LogP contribution in [0.4, 0.5) is 8.78 Å². The second-order valence-corrected chi connectivity index (χ2v) is 4.50. The van der Waals surface area contributed by atoms with E-state index in [0.717, 1.165) is 39.3 Å². The monoisotopic (exact) mass is 288 g/mol. The zero-order chi connectivity index (χ0) is 14.4. The van der Waals surface area contributed by atoms with Crippen LogP contribution in [0.25, 0.3) is 0 Å². The van der Waals surface area contributed by atoms with E-state index in [2.05, 4.69) is 15.3 Å². The van der Waals surface area contributed by atoms with Gasteiger partial charge in [-0.2, -0.15) is 18.6 Å².